The number of phenols is 1. The molecule has 0 atom stereocenters. The Labute approximate surface area is 70.7 Å². The Morgan fingerprint density at radius 2 is 2.27 bits per heavy atom. The van der Waals surface area contributed by atoms with Crippen LogP contribution >= 0.6 is 15.9 Å². The van der Waals surface area contributed by atoms with Crippen molar-refractivity contribution in [3.05, 3.63) is 22.8 Å². The molecule has 0 radical (unpaired) electrons. The van der Waals surface area contributed by atoms with Gasteiger partial charge in [0.15, 0.2) is 5.58 Å². The van der Waals surface area contributed by atoms with Crippen molar-refractivity contribution in [2.24, 2.45) is 0 Å². The molecule has 0 aliphatic heterocycles. The quantitative estimate of drug-likeness (QED) is 0.731. The van der Waals surface area contributed by atoms with E-state index in [1.54, 1.807) is 18.3 Å². The normalized spacial score (nSPS) is 10.6. The third-order valence-corrected chi connectivity index (χ3v) is 1.98. The molecule has 1 N–H and O–H groups in total. The number of benzene rings is 1. The standard InChI is InChI=1S/C7H4BrNO2/c8-6-2-5(10)1-4-3-9-11-7(4)6/h1-3,10H. The molecule has 0 amide bonds. The summed E-state index contributed by atoms with van der Waals surface area (Å²) in [6, 6.07) is 3.16. The van der Waals surface area contributed by atoms with E-state index in [0.29, 0.717) is 10.1 Å². The topological polar surface area (TPSA) is 46.3 Å². The van der Waals surface area contributed by atoms with Gasteiger partial charge in [-0.2, -0.15) is 0 Å². The maximum Gasteiger partial charge on any atom is 0.181 e. The Morgan fingerprint density at radius 1 is 1.45 bits per heavy atom. The van der Waals surface area contributed by atoms with Gasteiger partial charge in [0.25, 0.3) is 0 Å². The fourth-order valence-electron chi connectivity index (χ4n) is 0.928. The molecule has 1 aromatic carbocycles. The lowest BCUT2D eigenvalue weighted by atomic mass is 10.2. The molecule has 2 aromatic rings. The van der Waals surface area contributed by atoms with E-state index < -0.39 is 0 Å². The Morgan fingerprint density at radius 3 is 3.09 bits per heavy atom. The fourth-order valence-corrected chi connectivity index (χ4v) is 1.46. The van der Waals surface area contributed by atoms with E-state index in [1.807, 2.05) is 0 Å². The van der Waals surface area contributed by atoms with E-state index in [1.165, 1.54) is 0 Å². The van der Waals surface area contributed by atoms with Crippen molar-refractivity contribution in [3.63, 3.8) is 0 Å². The van der Waals surface area contributed by atoms with Crippen LogP contribution in [0.25, 0.3) is 11.0 Å². The molecule has 0 spiro atoms. The molecule has 11 heavy (non-hydrogen) atoms. The van der Waals surface area contributed by atoms with Gasteiger partial charge in [-0.3, -0.25) is 0 Å². The minimum absolute atomic E-state index is 0.201. The predicted octanol–water partition coefficient (Wildman–Crippen LogP) is 2.30. The summed E-state index contributed by atoms with van der Waals surface area (Å²) in [5.74, 6) is 0.201. The largest absolute Gasteiger partial charge is 0.508 e. The second-order valence-electron chi connectivity index (χ2n) is 2.17. The van der Waals surface area contributed by atoms with Crippen molar-refractivity contribution in [3.8, 4) is 5.75 Å². The number of nitrogens with zero attached hydrogens (tertiary/aromatic N) is 1. The molecule has 0 aliphatic carbocycles. The summed E-state index contributed by atoms with van der Waals surface area (Å²) in [4.78, 5) is 0. The molecule has 0 aliphatic rings. The zero-order valence-electron chi connectivity index (χ0n) is 5.41. The molecule has 56 valence electrons. The highest BCUT2D eigenvalue weighted by Crippen LogP contribution is 2.28. The molecule has 1 heterocycles. The molecule has 0 bridgehead atoms. The van der Waals surface area contributed by atoms with Gasteiger partial charge in [-0.15, -0.1) is 0 Å². The molecule has 0 saturated heterocycles. The van der Waals surface area contributed by atoms with E-state index in [4.69, 9.17) is 9.63 Å². The van der Waals surface area contributed by atoms with Crippen LogP contribution in [-0.4, -0.2) is 10.3 Å². The van der Waals surface area contributed by atoms with Crippen LogP contribution in [0.2, 0.25) is 0 Å². The number of rotatable bonds is 0. The van der Waals surface area contributed by atoms with E-state index in [9.17, 15) is 0 Å². The highest BCUT2D eigenvalue weighted by Gasteiger charge is 2.04. The molecule has 1 aromatic heterocycles. The highest BCUT2D eigenvalue weighted by molar-refractivity contribution is 9.10. The van der Waals surface area contributed by atoms with Gasteiger partial charge in [-0.1, -0.05) is 5.16 Å². The second-order valence-corrected chi connectivity index (χ2v) is 3.03. The zero-order chi connectivity index (χ0) is 7.84. The lowest BCUT2D eigenvalue weighted by Gasteiger charge is -1.92. The molecular formula is C7H4BrNO2. The van der Waals surface area contributed by atoms with E-state index in [-0.39, 0.29) is 5.75 Å². The number of aromatic nitrogens is 1. The van der Waals surface area contributed by atoms with Crippen molar-refractivity contribution in [1.82, 2.24) is 5.16 Å². The third-order valence-electron chi connectivity index (χ3n) is 1.39. The van der Waals surface area contributed by atoms with Gasteiger partial charge in [0, 0.05) is 5.39 Å². The SMILES string of the molecule is Oc1cc(Br)c2oncc2c1. The fraction of sp³-hybridized carbons (Fsp3) is 0. The van der Waals surface area contributed by atoms with Crippen LogP contribution in [0.1, 0.15) is 0 Å². The first kappa shape index (κ1) is 6.67. The van der Waals surface area contributed by atoms with Crippen LogP contribution in [0.15, 0.2) is 27.3 Å². The molecule has 4 heteroatoms. The van der Waals surface area contributed by atoms with Gasteiger partial charge in [-0.05, 0) is 28.1 Å². The van der Waals surface area contributed by atoms with Crippen molar-refractivity contribution >= 4 is 26.9 Å². The van der Waals surface area contributed by atoms with Crippen LogP contribution in [0, 0.1) is 0 Å². The molecule has 0 fully saturated rings. The smallest absolute Gasteiger partial charge is 0.181 e. The van der Waals surface area contributed by atoms with Crippen LogP contribution in [0.3, 0.4) is 0 Å². The molecule has 3 nitrogen and oxygen atoms in total. The summed E-state index contributed by atoms with van der Waals surface area (Å²) in [5, 5.41) is 13.5. The molecule has 0 unspecified atom stereocenters. The summed E-state index contributed by atoms with van der Waals surface area (Å²) in [6.45, 7) is 0. The van der Waals surface area contributed by atoms with E-state index in [2.05, 4.69) is 21.1 Å². The maximum atomic E-state index is 9.13. The summed E-state index contributed by atoms with van der Waals surface area (Å²) in [6.07, 6.45) is 1.56. The predicted molar refractivity (Wildman–Crippen MR) is 43.4 cm³/mol. The Balaban J connectivity index is 2.91. The second kappa shape index (κ2) is 2.23. The number of hydrogen-bond acceptors (Lipinski definition) is 3. The Bertz CT molecular complexity index is 396. The molecular weight excluding hydrogens is 210 g/mol. The van der Waals surface area contributed by atoms with Crippen LogP contribution in [0.4, 0.5) is 0 Å². The van der Waals surface area contributed by atoms with Crippen LogP contribution in [-0.2, 0) is 0 Å². The lowest BCUT2D eigenvalue weighted by Crippen LogP contribution is -1.67. The van der Waals surface area contributed by atoms with Gasteiger partial charge < -0.3 is 9.63 Å². The number of phenolic OH excluding ortho intramolecular Hbond substituents is 1. The van der Waals surface area contributed by atoms with Gasteiger partial charge in [0.2, 0.25) is 0 Å². The number of hydrogen-bond donors (Lipinski definition) is 1. The lowest BCUT2D eigenvalue weighted by molar-refractivity contribution is 0.453. The van der Waals surface area contributed by atoms with E-state index in [0.717, 1.165) is 5.39 Å². The van der Waals surface area contributed by atoms with Crippen LogP contribution < -0.4 is 0 Å². The minimum Gasteiger partial charge on any atom is -0.508 e. The zero-order valence-corrected chi connectivity index (χ0v) is 7.00. The first-order valence-electron chi connectivity index (χ1n) is 3.00. The van der Waals surface area contributed by atoms with Crippen molar-refractivity contribution < 1.29 is 9.63 Å². The first-order valence-corrected chi connectivity index (χ1v) is 3.79. The van der Waals surface area contributed by atoms with Crippen molar-refractivity contribution in [2.75, 3.05) is 0 Å². The maximum absolute atomic E-state index is 9.13. The summed E-state index contributed by atoms with van der Waals surface area (Å²) in [5.41, 5.74) is 0.655. The van der Waals surface area contributed by atoms with Gasteiger partial charge in [0.1, 0.15) is 5.75 Å². The van der Waals surface area contributed by atoms with Gasteiger partial charge >= 0.3 is 0 Å². The minimum atomic E-state index is 0.201. The highest BCUT2D eigenvalue weighted by atomic mass is 79.9. The first-order chi connectivity index (χ1) is 5.27. The van der Waals surface area contributed by atoms with E-state index >= 15 is 0 Å². The average Bonchev–Trinajstić information content (AvgIpc) is 2.34. The Hall–Kier alpha value is -1.03. The number of aromatic hydroxyl groups is 1. The Kier molecular flexibility index (Phi) is 1.35. The summed E-state index contributed by atoms with van der Waals surface area (Å²) >= 11 is 3.23. The van der Waals surface area contributed by atoms with Gasteiger partial charge in [0.05, 0.1) is 10.7 Å². The average molecular weight is 214 g/mol. The molecule has 0 saturated carbocycles. The van der Waals surface area contributed by atoms with Crippen molar-refractivity contribution in [2.45, 2.75) is 0 Å². The number of halogens is 1. The summed E-state index contributed by atoms with van der Waals surface area (Å²) < 4.78 is 5.61. The van der Waals surface area contributed by atoms with Crippen molar-refractivity contribution in [1.29, 1.82) is 0 Å². The molecule has 2 rings (SSSR count). The van der Waals surface area contributed by atoms with Gasteiger partial charge in [-0.25, -0.2) is 0 Å². The summed E-state index contributed by atoms with van der Waals surface area (Å²) in [7, 11) is 0. The monoisotopic (exact) mass is 213 g/mol. The number of fused-ring (bicyclic) bond motifs is 1. The third kappa shape index (κ3) is 0.991. The van der Waals surface area contributed by atoms with Crippen LogP contribution in [0.5, 0.6) is 5.75 Å².